The lowest BCUT2D eigenvalue weighted by Gasteiger charge is -2.31. The van der Waals surface area contributed by atoms with Crippen LogP contribution >= 0.6 is 0 Å². The molecule has 2 unspecified atom stereocenters. The highest BCUT2D eigenvalue weighted by molar-refractivity contribution is 5.94. The maximum absolute atomic E-state index is 12.2. The summed E-state index contributed by atoms with van der Waals surface area (Å²) < 4.78 is 5.09. The highest BCUT2D eigenvalue weighted by Crippen LogP contribution is 2.24. The van der Waals surface area contributed by atoms with Gasteiger partial charge in [0.05, 0.1) is 7.11 Å². The Balaban J connectivity index is 1.98. The van der Waals surface area contributed by atoms with Crippen LogP contribution in [0.2, 0.25) is 0 Å². The van der Waals surface area contributed by atoms with E-state index in [-0.39, 0.29) is 11.9 Å². The lowest BCUT2D eigenvalue weighted by Crippen LogP contribution is -2.44. The third-order valence-electron chi connectivity index (χ3n) is 3.88. The van der Waals surface area contributed by atoms with Gasteiger partial charge in [0.2, 0.25) is 0 Å². The molecule has 19 heavy (non-hydrogen) atoms. The Bertz CT molecular complexity index is 417. The van der Waals surface area contributed by atoms with Crippen molar-refractivity contribution in [3.05, 3.63) is 29.8 Å². The monoisotopic (exact) mass is 262 g/mol. The van der Waals surface area contributed by atoms with Crippen LogP contribution in [0.25, 0.3) is 0 Å². The van der Waals surface area contributed by atoms with Gasteiger partial charge in [-0.3, -0.25) is 4.79 Å². The van der Waals surface area contributed by atoms with Crippen molar-refractivity contribution in [2.75, 3.05) is 13.7 Å². The van der Waals surface area contributed by atoms with Gasteiger partial charge in [0.15, 0.2) is 0 Å². The first-order valence-electron chi connectivity index (χ1n) is 6.89. The van der Waals surface area contributed by atoms with Crippen molar-refractivity contribution >= 4 is 5.91 Å². The zero-order valence-electron chi connectivity index (χ0n) is 11.4. The quantitative estimate of drug-likeness (QED) is 0.871. The summed E-state index contributed by atoms with van der Waals surface area (Å²) in [4.78, 5) is 12.2. The normalized spacial score (nSPS) is 22.8. The lowest BCUT2D eigenvalue weighted by molar-refractivity contribution is 0.0908. The van der Waals surface area contributed by atoms with Crippen LogP contribution in [0, 0.1) is 5.92 Å². The molecule has 2 atom stereocenters. The SMILES string of the molecule is COc1ccc(C(=O)NC2CCCCC2CN)cc1. The average molecular weight is 262 g/mol. The number of amides is 1. The van der Waals surface area contributed by atoms with E-state index in [1.54, 1.807) is 31.4 Å². The predicted octanol–water partition coefficient (Wildman–Crippen LogP) is 1.94. The van der Waals surface area contributed by atoms with Crippen LogP contribution in [0.5, 0.6) is 5.75 Å². The molecular formula is C15H22N2O2. The van der Waals surface area contributed by atoms with Crippen molar-refractivity contribution in [3.8, 4) is 5.75 Å². The van der Waals surface area contributed by atoms with E-state index in [1.165, 1.54) is 12.8 Å². The van der Waals surface area contributed by atoms with Crippen LogP contribution in [0.4, 0.5) is 0 Å². The number of ether oxygens (including phenoxy) is 1. The number of carbonyl (C=O) groups is 1. The number of nitrogens with two attached hydrogens (primary N) is 1. The Hall–Kier alpha value is -1.55. The fraction of sp³-hybridized carbons (Fsp3) is 0.533. The molecule has 0 bridgehead atoms. The largest absolute Gasteiger partial charge is 0.497 e. The topological polar surface area (TPSA) is 64.3 Å². The number of carbonyl (C=O) groups excluding carboxylic acids is 1. The zero-order chi connectivity index (χ0) is 13.7. The summed E-state index contributed by atoms with van der Waals surface area (Å²) in [7, 11) is 1.61. The third kappa shape index (κ3) is 3.47. The van der Waals surface area contributed by atoms with Gasteiger partial charge < -0.3 is 15.8 Å². The second kappa shape index (κ2) is 6.57. The summed E-state index contributed by atoms with van der Waals surface area (Å²) in [6, 6.07) is 7.39. The Morgan fingerprint density at radius 1 is 1.32 bits per heavy atom. The van der Waals surface area contributed by atoms with Crippen LogP contribution in [-0.2, 0) is 0 Å². The summed E-state index contributed by atoms with van der Waals surface area (Å²) in [6.45, 7) is 0.646. The summed E-state index contributed by atoms with van der Waals surface area (Å²) in [6.07, 6.45) is 4.54. The van der Waals surface area contributed by atoms with E-state index in [1.807, 2.05) is 0 Å². The van der Waals surface area contributed by atoms with Crippen LogP contribution in [0.3, 0.4) is 0 Å². The van der Waals surface area contributed by atoms with Gasteiger partial charge in [0.25, 0.3) is 5.91 Å². The highest BCUT2D eigenvalue weighted by Gasteiger charge is 2.25. The van der Waals surface area contributed by atoms with Gasteiger partial charge in [-0.1, -0.05) is 12.8 Å². The Morgan fingerprint density at radius 2 is 2.00 bits per heavy atom. The molecule has 1 aliphatic carbocycles. The van der Waals surface area contributed by atoms with Gasteiger partial charge in [-0.25, -0.2) is 0 Å². The van der Waals surface area contributed by atoms with Gasteiger partial charge in [0, 0.05) is 11.6 Å². The Morgan fingerprint density at radius 3 is 2.63 bits per heavy atom. The molecule has 0 saturated heterocycles. The molecule has 3 N–H and O–H groups in total. The second-order valence-corrected chi connectivity index (χ2v) is 5.09. The molecule has 1 saturated carbocycles. The van der Waals surface area contributed by atoms with Crippen molar-refractivity contribution < 1.29 is 9.53 Å². The predicted molar refractivity (Wildman–Crippen MR) is 75.3 cm³/mol. The van der Waals surface area contributed by atoms with Crippen molar-refractivity contribution in [3.63, 3.8) is 0 Å². The van der Waals surface area contributed by atoms with Crippen LogP contribution < -0.4 is 15.8 Å². The van der Waals surface area contributed by atoms with Crippen LogP contribution in [-0.4, -0.2) is 25.6 Å². The van der Waals surface area contributed by atoms with Gasteiger partial charge in [0.1, 0.15) is 5.75 Å². The summed E-state index contributed by atoms with van der Waals surface area (Å²) in [5.41, 5.74) is 6.45. The molecule has 1 aromatic carbocycles. The average Bonchev–Trinajstić information content (AvgIpc) is 2.48. The molecule has 0 aromatic heterocycles. The summed E-state index contributed by atoms with van der Waals surface area (Å²) in [5, 5.41) is 3.11. The van der Waals surface area contributed by atoms with Crippen molar-refractivity contribution in [1.82, 2.24) is 5.32 Å². The number of hydrogen-bond acceptors (Lipinski definition) is 3. The molecule has 0 spiro atoms. The van der Waals surface area contributed by atoms with Crippen molar-refractivity contribution in [2.24, 2.45) is 11.7 Å². The number of nitrogens with one attached hydrogen (secondary N) is 1. The first-order valence-corrected chi connectivity index (χ1v) is 6.89. The number of hydrogen-bond donors (Lipinski definition) is 2. The van der Waals surface area contributed by atoms with E-state index in [4.69, 9.17) is 10.5 Å². The standard InChI is InChI=1S/C15H22N2O2/c1-19-13-8-6-11(7-9-13)15(18)17-14-5-3-2-4-12(14)10-16/h6-9,12,14H,2-5,10,16H2,1H3,(H,17,18). The van der Waals surface area contributed by atoms with E-state index >= 15 is 0 Å². The number of rotatable bonds is 4. The second-order valence-electron chi connectivity index (χ2n) is 5.09. The molecular weight excluding hydrogens is 240 g/mol. The number of benzene rings is 1. The van der Waals surface area contributed by atoms with Gasteiger partial charge in [-0.15, -0.1) is 0 Å². The molecule has 4 nitrogen and oxygen atoms in total. The first-order chi connectivity index (χ1) is 9.24. The summed E-state index contributed by atoms with van der Waals surface area (Å²) in [5.74, 6) is 1.15. The maximum Gasteiger partial charge on any atom is 0.251 e. The maximum atomic E-state index is 12.2. The molecule has 0 aliphatic heterocycles. The Kier molecular flexibility index (Phi) is 4.80. The fourth-order valence-corrected chi connectivity index (χ4v) is 2.67. The number of methoxy groups -OCH3 is 1. The van der Waals surface area contributed by atoms with Crippen molar-refractivity contribution in [1.29, 1.82) is 0 Å². The molecule has 104 valence electrons. The molecule has 1 aliphatic rings. The molecule has 2 rings (SSSR count). The smallest absolute Gasteiger partial charge is 0.251 e. The first kappa shape index (κ1) is 13.9. The van der Waals surface area contributed by atoms with Crippen LogP contribution in [0.15, 0.2) is 24.3 Å². The van der Waals surface area contributed by atoms with Gasteiger partial charge in [-0.05, 0) is 49.6 Å². The van der Waals surface area contributed by atoms with Crippen LogP contribution in [0.1, 0.15) is 36.0 Å². The van der Waals surface area contributed by atoms with Gasteiger partial charge >= 0.3 is 0 Å². The Labute approximate surface area is 114 Å². The third-order valence-corrected chi connectivity index (χ3v) is 3.88. The fourth-order valence-electron chi connectivity index (χ4n) is 2.67. The zero-order valence-corrected chi connectivity index (χ0v) is 11.4. The molecule has 1 amide bonds. The van der Waals surface area contributed by atoms with E-state index in [9.17, 15) is 4.79 Å². The van der Waals surface area contributed by atoms with E-state index in [2.05, 4.69) is 5.32 Å². The van der Waals surface area contributed by atoms with Crippen molar-refractivity contribution in [2.45, 2.75) is 31.7 Å². The minimum absolute atomic E-state index is 0.0204. The highest BCUT2D eigenvalue weighted by atomic mass is 16.5. The molecule has 1 aromatic rings. The summed E-state index contributed by atoms with van der Waals surface area (Å²) >= 11 is 0. The van der Waals surface area contributed by atoms with Gasteiger partial charge in [-0.2, -0.15) is 0 Å². The van der Waals surface area contributed by atoms with E-state index < -0.39 is 0 Å². The van der Waals surface area contributed by atoms with E-state index in [0.29, 0.717) is 18.0 Å². The molecule has 0 radical (unpaired) electrons. The lowest BCUT2D eigenvalue weighted by atomic mass is 9.84. The minimum atomic E-state index is -0.0204. The minimum Gasteiger partial charge on any atom is -0.497 e. The van der Waals surface area contributed by atoms with E-state index in [0.717, 1.165) is 18.6 Å². The molecule has 4 heteroatoms. The molecule has 1 fully saturated rings. The molecule has 0 heterocycles.